The zero-order valence-electron chi connectivity index (χ0n) is 9.24. The summed E-state index contributed by atoms with van der Waals surface area (Å²) < 4.78 is 0. The summed E-state index contributed by atoms with van der Waals surface area (Å²) in [7, 11) is 0. The number of nitrogens with one attached hydrogen (secondary N) is 1. The molecule has 2 rings (SSSR count). The quantitative estimate of drug-likeness (QED) is 0.749. The topological polar surface area (TPSA) is 41.3 Å². The van der Waals surface area contributed by atoms with E-state index in [0.29, 0.717) is 0 Å². The summed E-state index contributed by atoms with van der Waals surface area (Å²) >= 11 is 0. The van der Waals surface area contributed by atoms with E-state index in [1.54, 1.807) is 0 Å². The number of hydrogen-bond donors (Lipinski definition) is 2. The molecular weight excluding hydrogens is 186 g/mol. The minimum absolute atomic E-state index is 0.104. The summed E-state index contributed by atoms with van der Waals surface area (Å²) in [5, 5.41) is 3.35. The molecule has 1 unspecified atom stereocenters. The van der Waals surface area contributed by atoms with Gasteiger partial charge in [-0.25, -0.2) is 0 Å². The Morgan fingerprint density at radius 2 is 2.13 bits per heavy atom. The third-order valence-electron chi connectivity index (χ3n) is 2.70. The van der Waals surface area contributed by atoms with Gasteiger partial charge in [-0.2, -0.15) is 0 Å². The molecule has 0 spiro atoms. The first-order valence-electron chi connectivity index (χ1n) is 5.42. The smallest absolute Gasteiger partial charge is 0.0485 e. The third-order valence-corrected chi connectivity index (χ3v) is 2.70. The molecule has 1 atom stereocenters. The summed E-state index contributed by atoms with van der Waals surface area (Å²) in [4.78, 5) is 2.35. The highest BCUT2D eigenvalue weighted by Gasteiger charge is 2.26. The minimum atomic E-state index is -0.104. The van der Waals surface area contributed by atoms with Gasteiger partial charge in [0.25, 0.3) is 0 Å². The molecule has 0 bridgehead atoms. The fourth-order valence-electron chi connectivity index (χ4n) is 2.08. The van der Waals surface area contributed by atoms with Gasteiger partial charge >= 0.3 is 0 Å². The first-order chi connectivity index (χ1) is 7.16. The third kappa shape index (κ3) is 3.02. The van der Waals surface area contributed by atoms with Gasteiger partial charge in [-0.1, -0.05) is 30.3 Å². The normalized spacial score (nSPS) is 27.9. The number of hydrogen-bond acceptors (Lipinski definition) is 3. The van der Waals surface area contributed by atoms with Crippen molar-refractivity contribution in [3.8, 4) is 0 Å². The zero-order valence-corrected chi connectivity index (χ0v) is 9.24. The van der Waals surface area contributed by atoms with Gasteiger partial charge in [0.15, 0.2) is 0 Å². The number of nitrogens with zero attached hydrogens (tertiary/aromatic N) is 1. The van der Waals surface area contributed by atoms with Gasteiger partial charge in [-0.15, -0.1) is 0 Å². The van der Waals surface area contributed by atoms with Crippen molar-refractivity contribution in [3.63, 3.8) is 0 Å². The van der Waals surface area contributed by atoms with E-state index in [9.17, 15) is 0 Å². The van der Waals surface area contributed by atoms with Crippen LogP contribution in [-0.2, 0) is 6.54 Å². The van der Waals surface area contributed by atoms with Gasteiger partial charge in [0.1, 0.15) is 0 Å². The standard InChI is InChI=1S/C12H19N3/c1-12(13)8-14-10-15(9-12)7-11-5-3-2-4-6-11/h2-6,14H,7-10,13H2,1H3. The summed E-state index contributed by atoms with van der Waals surface area (Å²) in [5.74, 6) is 0. The Morgan fingerprint density at radius 1 is 1.40 bits per heavy atom. The lowest BCUT2D eigenvalue weighted by Crippen LogP contribution is -2.60. The van der Waals surface area contributed by atoms with Gasteiger partial charge in [-0.05, 0) is 12.5 Å². The second-order valence-electron chi connectivity index (χ2n) is 4.71. The van der Waals surface area contributed by atoms with Crippen LogP contribution in [0.15, 0.2) is 30.3 Å². The van der Waals surface area contributed by atoms with Crippen LogP contribution < -0.4 is 11.1 Å². The van der Waals surface area contributed by atoms with E-state index in [-0.39, 0.29) is 5.54 Å². The molecule has 0 saturated carbocycles. The van der Waals surface area contributed by atoms with Gasteiger partial charge < -0.3 is 11.1 Å². The molecule has 1 heterocycles. The van der Waals surface area contributed by atoms with Crippen LogP contribution in [-0.4, -0.2) is 30.2 Å². The van der Waals surface area contributed by atoms with E-state index in [1.807, 2.05) is 6.07 Å². The summed E-state index contributed by atoms with van der Waals surface area (Å²) in [6.07, 6.45) is 0. The fraction of sp³-hybridized carbons (Fsp3) is 0.500. The summed E-state index contributed by atoms with van der Waals surface area (Å²) in [6, 6.07) is 10.5. The first-order valence-corrected chi connectivity index (χ1v) is 5.42. The molecule has 0 aromatic heterocycles. The SMILES string of the molecule is CC1(N)CNCN(Cc2ccccc2)C1. The maximum Gasteiger partial charge on any atom is 0.0485 e. The highest BCUT2D eigenvalue weighted by Crippen LogP contribution is 2.10. The average Bonchev–Trinajstić information content (AvgIpc) is 2.17. The Morgan fingerprint density at radius 3 is 2.80 bits per heavy atom. The molecule has 1 aliphatic rings. The molecule has 0 radical (unpaired) electrons. The Labute approximate surface area is 91.3 Å². The lowest BCUT2D eigenvalue weighted by atomic mass is 10.0. The van der Waals surface area contributed by atoms with Crippen molar-refractivity contribution in [2.45, 2.75) is 19.0 Å². The molecule has 1 aliphatic heterocycles. The molecule has 0 amide bonds. The van der Waals surface area contributed by atoms with E-state index in [2.05, 4.69) is 41.4 Å². The van der Waals surface area contributed by atoms with Crippen LogP contribution in [0.3, 0.4) is 0 Å². The largest absolute Gasteiger partial charge is 0.323 e. The van der Waals surface area contributed by atoms with Crippen molar-refractivity contribution in [1.82, 2.24) is 10.2 Å². The van der Waals surface area contributed by atoms with E-state index >= 15 is 0 Å². The predicted molar refractivity (Wildman–Crippen MR) is 62.3 cm³/mol. The molecule has 3 N–H and O–H groups in total. The van der Waals surface area contributed by atoms with Crippen molar-refractivity contribution in [3.05, 3.63) is 35.9 Å². The van der Waals surface area contributed by atoms with Crippen molar-refractivity contribution in [2.75, 3.05) is 19.8 Å². The number of benzene rings is 1. The Bertz CT molecular complexity index is 308. The van der Waals surface area contributed by atoms with Crippen LogP contribution in [0.2, 0.25) is 0 Å². The van der Waals surface area contributed by atoms with Gasteiger partial charge in [0, 0.05) is 31.8 Å². The first kappa shape index (κ1) is 10.6. The Kier molecular flexibility index (Phi) is 3.05. The second-order valence-corrected chi connectivity index (χ2v) is 4.71. The lowest BCUT2D eigenvalue weighted by molar-refractivity contribution is 0.146. The number of rotatable bonds is 2. The minimum Gasteiger partial charge on any atom is -0.323 e. The second kappa shape index (κ2) is 4.31. The van der Waals surface area contributed by atoms with Crippen molar-refractivity contribution < 1.29 is 0 Å². The monoisotopic (exact) mass is 205 g/mol. The number of nitrogens with two attached hydrogens (primary N) is 1. The van der Waals surface area contributed by atoms with Gasteiger partial charge in [-0.3, -0.25) is 4.90 Å². The predicted octanol–water partition coefficient (Wildman–Crippen LogP) is 0.767. The zero-order chi connectivity index (χ0) is 10.7. The molecule has 1 aromatic rings. The maximum absolute atomic E-state index is 6.12. The molecule has 1 fully saturated rings. The van der Waals surface area contributed by atoms with Crippen LogP contribution >= 0.6 is 0 Å². The Hall–Kier alpha value is -0.900. The fourth-order valence-corrected chi connectivity index (χ4v) is 2.08. The molecule has 15 heavy (non-hydrogen) atoms. The highest BCUT2D eigenvalue weighted by molar-refractivity contribution is 5.14. The van der Waals surface area contributed by atoms with Crippen LogP contribution in [0.25, 0.3) is 0 Å². The van der Waals surface area contributed by atoms with Crippen molar-refractivity contribution in [2.24, 2.45) is 5.73 Å². The van der Waals surface area contributed by atoms with Crippen LogP contribution in [0.4, 0.5) is 0 Å². The lowest BCUT2D eigenvalue weighted by Gasteiger charge is -2.38. The average molecular weight is 205 g/mol. The van der Waals surface area contributed by atoms with E-state index < -0.39 is 0 Å². The van der Waals surface area contributed by atoms with Crippen LogP contribution in [0, 0.1) is 0 Å². The molecular formula is C12H19N3. The molecule has 1 aromatic carbocycles. The summed E-state index contributed by atoms with van der Waals surface area (Å²) in [5.41, 5.74) is 7.36. The molecule has 82 valence electrons. The van der Waals surface area contributed by atoms with Crippen molar-refractivity contribution >= 4 is 0 Å². The van der Waals surface area contributed by atoms with Crippen LogP contribution in [0.1, 0.15) is 12.5 Å². The molecule has 1 saturated heterocycles. The molecule has 3 nitrogen and oxygen atoms in total. The van der Waals surface area contributed by atoms with E-state index in [1.165, 1.54) is 5.56 Å². The Balaban J connectivity index is 1.95. The maximum atomic E-state index is 6.12. The van der Waals surface area contributed by atoms with Gasteiger partial charge in [0.05, 0.1) is 0 Å². The summed E-state index contributed by atoms with van der Waals surface area (Å²) in [6.45, 7) is 5.85. The van der Waals surface area contributed by atoms with E-state index in [0.717, 1.165) is 26.3 Å². The molecule has 0 aliphatic carbocycles. The highest BCUT2D eigenvalue weighted by atomic mass is 15.3. The van der Waals surface area contributed by atoms with Crippen molar-refractivity contribution in [1.29, 1.82) is 0 Å². The van der Waals surface area contributed by atoms with Gasteiger partial charge in [0.2, 0.25) is 0 Å². The van der Waals surface area contributed by atoms with E-state index in [4.69, 9.17) is 5.73 Å². The molecule has 3 heteroatoms. The van der Waals surface area contributed by atoms with Crippen LogP contribution in [0.5, 0.6) is 0 Å².